The molecule has 0 saturated carbocycles. The van der Waals surface area contributed by atoms with Gasteiger partial charge in [0, 0.05) is 29.2 Å². The van der Waals surface area contributed by atoms with Crippen LogP contribution in [0.4, 0.5) is 4.79 Å². The van der Waals surface area contributed by atoms with E-state index in [9.17, 15) is 4.79 Å². The number of hydrogen-bond donors (Lipinski definition) is 2. The second-order valence-corrected chi connectivity index (χ2v) is 7.21. The summed E-state index contributed by atoms with van der Waals surface area (Å²) in [7, 11) is 2.12. The Bertz CT molecular complexity index is 670. The van der Waals surface area contributed by atoms with Crippen molar-refractivity contribution < 1.29 is 14.6 Å². The minimum atomic E-state index is -1.03. The Kier molecular flexibility index (Phi) is 7.21. The molecule has 1 heterocycles. The molecule has 0 bridgehead atoms. The van der Waals surface area contributed by atoms with Gasteiger partial charge in [-0.1, -0.05) is 0 Å². The number of nitrogens with one attached hydrogen (secondary N) is 1. The molecule has 1 amide bonds. The van der Waals surface area contributed by atoms with Crippen molar-refractivity contribution in [2.45, 2.75) is 32.9 Å². The lowest BCUT2D eigenvalue weighted by Gasteiger charge is -2.20. The van der Waals surface area contributed by atoms with Crippen LogP contribution < -0.4 is 10.1 Å². The Labute approximate surface area is 152 Å². The number of nitrogens with zero attached hydrogens (tertiary/aromatic N) is 2. The van der Waals surface area contributed by atoms with Gasteiger partial charge in [0.25, 0.3) is 0 Å². The quantitative estimate of drug-likeness (QED) is 0.665. The number of ether oxygens (including phenoxy) is 1. The van der Waals surface area contributed by atoms with Crippen molar-refractivity contribution >= 4 is 17.4 Å². The largest absolute Gasteiger partial charge is 0.494 e. The van der Waals surface area contributed by atoms with E-state index in [4.69, 9.17) is 9.84 Å². The molecule has 2 rings (SSSR count). The van der Waals surface area contributed by atoms with Crippen LogP contribution in [-0.4, -0.2) is 47.3 Å². The SMILES string of the molecule is CC(C)N(C)CCCOc1ccc(-c2ncc(CNC(=O)O)s2)cc1. The van der Waals surface area contributed by atoms with E-state index in [0.717, 1.165) is 34.2 Å². The molecule has 25 heavy (non-hydrogen) atoms. The summed E-state index contributed by atoms with van der Waals surface area (Å²) in [6.07, 6.45) is 1.66. The number of thiazole rings is 1. The molecule has 0 fully saturated rings. The fourth-order valence-corrected chi connectivity index (χ4v) is 3.00. The van der Waals surface area contributed by atoms with Gasteiger partial charge in [0.05, 0.1) is 13.2 Å². The predicted octanol–water partition coefficient (Wildman–Crippen LogP) is 3.69. The van der Waals surface area contributed by atoms with Crippen molar-refractivity contribution in [3.8, 4) is 16.3 Å². The first-order chi connectivity index (χ1) is 12.0. The predicted molar refractivity (Wildman–Crippen MR) is 100 cm³/mol. The molecule has 0 aliphatic heterocycles. The summed E-state index contributed by atoms with van der Waals surface area (Å²) in [6, 6.07) is 8.38. The topological polar surface area (TPSA) is 74.7 Å². The Balaban J connectivity index is 1.82. The second kappa shape index (κ2) is 9.39. The molecule has 2 aromatic rings. The maximum atomic E-state index is 10.5. The van der Waals surface area contributed by atoms with Gasteiger partial charge in [-0.2, -0.15) is 0 Å². The lowest BCUT2D eigenvalue weighted by atomic mass is 10.2. The van der Waals surface area contributed by atoms with E-state index in [1.54, 1.807) is 6.20 Å². The number of rotatable bonds is 9. The van der Waals surface area contributed by atoms with Crippen LogP contribution in [0.15, 0.2) is 30.5 Å². The maximum absolute atomic E-state index is 10.5. The van der Waals surface area contributed by atoms with Crippen LogP contribution in [0.5, 0.6) is 5.75 Å². The summed E-state index contributed by atoms with van der Waals surface area (Å²) in [5, 5.41) is 11.8. The molecule has 0 aliphatic rings. The van der Waals surface area contributed by atoms with E-state index in [-0.39, 0.29) is 6.54 Å². The van der Waals surface area contributed by atoms with Crippen LogP contribution >= 0.6 is 11.3 Å². The van der Waals surface area contributed by atoms with E-state index in [1.807, 2.05) is 24.3 Å². The van der Waals surface area contributed by atoms with Gasteiger partial charge in [-0.3, -0.25) is 0 Å². The highest BCUT2D eigenvalue weighted by atomic mass is 32.1. The summed E-state index contributed by atoms with van der Waals surface area (Å²) in [6.45, 7) is 6.35. The molecule has 1 aromatic carbocycles. The highest BCUT2D eigenvalue weighted by Gasteiger charge is 2.07. The fourth-order valence-electron chi connectivity index (χ4n) is 2.14. The summed E-state index contributed by atoms with van der Waals surface area (Å²) in [5.41, 5.74) is 0.999. The normalized spacial score (nSPS) is 11.1. The second-order valence-electron chi connectivity index (χ2n) is 6.09. The number of carbonyl (C=O) groups is 1. The summed E-state index contributed by atoms with van der Waals surface area (Å²) >= 11 is 1.48. The standard InChI is InChI=1S/C18H25N3O3S/c1-13(2)21(3)9-4-10-24-15-7-5-14(6-8-15)17-19-11-16(25-17)12-20-18(22)23/h5-8,11,13,20H,4,9-10,12H2,1-3H3,(H,22,23). The highest BCUT2D eigenvalue weighted by molar-refractivity contribution is 7.15. The number of amides is 1. The molecular formula is C18H25N3O3S. The average molecular weight is 363 g/mol. The molecule has 1 aromatic heterocycles. The minimum absolute atomic E-state index is 0.277. The van der Waals surface area contributed by atoms with Crippen molar-refractivity contribution in [3.05, 3.63) is 35.3 Å². The number of hydrogen-bond acceptors (Lipinski definition) is 5. The monoisotopic (exact) mass is 363 g/mol. The van der Waals surface area contributed by atoms with E-state index < -0.39 is 6.09 Å². The first-order valence-corrected chi connectivity index (χ1v) is 9.12. The van der Waals surface area contributed by atoms with Crippen molar-refractivity contribution in [1.29, 1.82) is 0 Å². The van der Waals surface area contributed by atoms with Crippen LogP contribution in [0.2, 0.25) is 0 Å². The van der Waals surface area contributed by atoms with E-state index in [1.165, 1.54) is 11.3 Å². The lowest BCUT2D eigenvalue weighted by molar-refractivity contribution is 0.194. The zero-order valence-corrected chi connectivity index (χ0v) is 15.7. The molecule has 136 valence electrons. The zero-order valence-electron chi connectivity index (χ0n) is 14.9. The van der Waals surface area contributed by atoms with Crippen LogP contribution in [-0.2, 0) is 6.54 Å². The molecule has 0 radical (unpaired) electrons. The molecule has 7 heteroatoms. The molecule has 0 spiro atoms. The van der Waals surface area contributed by atoms with Gasteiger partial charge in [0.1, 0.15) is 10.8 Å². The third kappa shape index (κ3) is 6.36. The molecule has 2 N–H and O–H groups in total. The van der Waals surface area contributed by atoms with E-state index in [0.29, 0.717) is 12.6 Å². The summed E-state index contributed by atoms with van der Waals surface area (Å²) < 4.78 is 5.78. The first-order valence-electron chi connectivity index (χ1n) is 8.30. The highest BCUT2D eigenvalue weighted by Crippen LogP contribution is 2.26. The summed E-state index contributed by atoms with van der Waals surface area (Å²) in [4.78, 5) is 18.0. The van der Waals surface area contributed by atoms with Crippen molar-refractivity contribution in [2.24, 2.45) is 0 Å². The van der Waals surface area contributed by atoms with Crippen LogP contribution in [0.3, 0.4) is 0 Å². The van der Waals surface area contributed by atoms with Crippen LogP contribution in [0.25, 0.3) is 10.6 Å². The van der Waals surface area contributed by atoms with Crippen molar-refractivity contribution in [1.82, 2.24) is 15.2 Å². The Morgan fingerprint density at radius 2 is 2.08 bits per heavy atom. The van der Waals surface area contributed by atoms with Gasteiger partial charge < -0.3 is 20.1 Å². The fraction of sp³-hybridized carbons (Fsp3) is 0.444. The molecule has 0 aliphatic carbocycles. The lowest BCUT2D eigenvalue weighted by Crippen LogP contribution is -2.28. The van der Waals surface area contributed by atoms with Gasteiger partial charge in [0.2, 0.25) is 0 Å². The van der Waals surface area contributed by atoms with Crippen molar-refractivity contribution in [3.63, 3.8) is 0 Å². The Morgan fingerprint density at radius 1 is 1.36 bits per heavy atom. The minimum Gasteiger partial charge on any atom is -0.494 e. The average Bonchev–Trinajstić information content (AvgIpc) is 3.06. The smallest absolute Gasteiger partial charge is 0.404 e. The maximum Gasteiger partial charge on any atom is 0.404 e. The molecular weight excluding hydrogens is 338 g/mol. The zero-order chi connectivity index (χ0) is 18.2. The number of benzene rings is 1. The van der Waals surface area contributed by atoms with Gasteiger partial charge >= 0.3 is 6.09 Å². The molecule has 0 unspecified atom stereocenters. The van der Waals surface area contributed by atoms with E-state index in [2.05, 4.69) is 36.1 Å². The number of aromatic nitrogens is 1. The molecule has 0 saturated heterocycles. The van der Waals surface area contributed by atoms with Crippen LogP contribution in [0.1, 0.15) is 25.1 Å². The third-order valence-corrected chi connectivity index (χ3v) is 4.92. The molecule has 6 nitrogen and oxygen atoms in total. The first kappa shape index (κ1) is 19.2. The van der Waals surface area contributed by atoms with Gasteiger partial charge in [0.15, 0.2) is 0 Å². The van der Waals surface area contributed by atoms with Crippen LogP contribution in [0, 0.1) is 0 Å². The van der Waals surface area contributed by atoms with Crippen molar-refractivity contribution in [2.75, 3.05) is 20.2 Å². The van der Waals surface area contributed by atoms with Gasteiger partial charge in [-0.05, 0) is 51.6 Å². The van der Waals surface area contributed by atoms with E-state index >= 15 is 0 Å². The summed E-state index contributed by atoms with van der Waals surface area (Å²) in [5.74, 6) is 0.847. The van der Waals surface area contributed by atoms with Gasteiger partial charge in [-0.15, -0.1) is 11.3 Å². The Morgan fingerprint density at radius 3 is 2.72 bits per heavy atom. The molecule has 0 atom stereocenters. The number of carboxylic acid groups (broad SMARTS) is 1. The van der Waals surface area contributed by atoms with Gasteiger partial charge in [-0.25, -0.2) is 9.78 Å². The Hall–Kier alpha value is -2.12. The third-order valence-electron chi connectivity index (χ3n) is 3.87.